The molecule has 1 atom stereocenters. The summed E-state index contributed by atoms with van der Waals surface area (Å²) in [5.41, 5.74) is 2.02. The van der Waals surface area contributed by atoms with Crippen molar-refractivity contribution in [3.8, 4) is 11.5 Å². The molecule has 0 saturated heterocycles. The van der Waals surface area contributed by atoms with Gasteiger partial charge in [0, 0.05) is 6.54 Å². The lowest BCUT2D eigenvalue weighted by Crippen LogP contribution is -2.37. The maximum atomic E-state index is 11.4. The van der Waals surface area contributed by atoms with Crippen LogP contribution >= 0.6 is 0 Å². The van der Waals surface area contributed by atoms with E-state index in [1.54, 1.807) is 7.11 Å². The number of nitrogens with one attached hydrogen (secondary N) is 1. The van der Waals surface area contributed by atoms with Crippen molar-refractivity contribution in [2.24, 2.45) is 5.92 Å². The van der Waals surface area contributed by atoms with E-state index in [0.717, 1.165) is 11.1 Å². The molecule has 2 aromatic rings. The van der Waals surface area contributed by atoms with E-state index in [9.17, 15) is 9.90 Å². The average molecular weight is 357 g/mol. The Bertz CT molecular complexity index is 700. The summed E-state index contributed by atoms with van der Waals surface area (Å²) >= 11 is 0. The van der Waals surface area contributed by atoms with Crippen LogP contribution in [0.3, 0.4) is 0 Å². The minimum Gasteiger partial charge on any atom is -0.493 e. The third kappa shape index (κ3) is 6.08. The van der Waals surface area contributed by atoms with Crippen molar-refractivity contribution in [3.05, 3.63) is 59.7 Å². The third-order valence-corrected chi connectivity index (χ3v) is 4.02. The normalized spacial score (nSPS) is 12.0. The summed E-state index contributed by atoms with van der Waals surface area (Å²) in [6, 6.07) is 15.0. The van der Waals surface area contributed by atoms with Gasteiger partial charge in [0.2, 0.25) is 0 Å². The fourth-order valence-electron chi connectivity index (χ4n) is 2.66. The lowest BCUT2D eigenvalue weighted by atomic mass is 10.0. The Balaban J connectivity index is 2.04. The van der Waals surface area contributed by atoms with Crippen LogP contribution in [0.5, 0.6) is 11.5 Å². The van der Waals surface area contributed by atoms with Crippen LogP contribution in [-0.2, 0) is 17.9 Å². The van der Waals surface area contributed by atoms with Crippen LogP contribution in [0.1, 0.15) is 31.4 Å². The van der Waals surface area contributed by atoms with Crippen molar-refractivity contribution < 1.29 is 19.4 Å². The van der Waals surface area contributed by atoms with Crippen molar-refractivity contribution in [2.75, 3.05) is 7.11 Å². The largest absolute Gasteiger partial charge is 0.493 e. The molecule has 0 spiro atoms. The molecule has 0 heterocycles. The van der Waals surface area contributed by atoms with Gasteiger partial charge >= 0.3 is 5.97 Å². The molecule has 0 saturated carbocycles. The van der Waals surface area contributed by atoms with Crippen LogP contribution in [0.25, 0.3) is 0 Å². The van der Waals surface area contributed by atoms with Crippen LogP contribution in [-0.4, -0.2) is 24.2 Å². The van der Waals surface area contributed by atoms with Gasteiger partial charge in [0.05, 0.1) is 7.11 Å². The molecule has 0 aromatic heterocycles. The van der Waals surface area contributed by atoms with Gasteiger partial charge in [-0.1, -0.05) is 50.2 Å². The molecular weight excluding hydrogens is 330 g/mol. The van der Waals surface area contributed by atoms with E-state index >= 15 is 0 Å². The predicted molar refractivity (Wildman–Crippen MR) is 101 cm³/mol. The number of benzene rings is 2. The summed E-state index contributed by atoms with van der Waals surface area (Å²) in [7, 11) is 1.60. The first-order valence-electron chi connectivity index (χ1n) is 8.79. The number of carboxylic acids is 1. The standard InChI is InChI=1S/C21H27NO4/c1-15(2)11-18(21(23)24)22-13-17-9-10-19(25-3)20(12-17)26-14-16-7-5-4-6-8-16/h4-10,12,15,18,22H,11,13-14H2,1-3H3,(H,23,24). The Hall–Kier alpha value is -2.53. The van der Waals surface area contributed by atoms with Gasteiger partial charge < -0.3 is 19.9 Å². The van der Waals surface area contributed by atoms with Crippen LogP contribution in [0.4, 0.5) is 0 Å². The monoisotopic (exact) mass is 357 g/mol. The fourth-order valence-corrected chi connectivity index (χ4v) is 2.66. The fraction of sp³-hybridized carbons (Fsp3) is 0.381. The van der Waals surface area contributed by atoms with Gasteiger partial charge in [-0.2, -0.15) is 0 Å². The van der Waals surface area contributed by atoms with E-state index in [0.29, 0.717) is 37.0 Å². The van der Waals surface area contributed by atoms with Gasteiger partial charge in [-0.15, -0.1) is 0 Å². The van der Waals surface area contributed by atoms with Gasteiger partial charge in [0.25, 0.3) is 0 Å². The van der Waals surface area contributed by atoms with Crippen molar-refractivity contribution in [1.82, 2.24) is 5.32 Å². The molecule has 0 aliphatic rings. The third-order valence-electron chi connectivity index (χ3n) is 4.02. The second kappa shape index (κ2) is 9.82. The van der Waals surface area contributed by atoms with Crippen molar-refractivity contribution in [3.63, 3.8) is 0 Å². The maximum Gasteiger partial charge on any atom is 0.320 e. The number of hydrogen-bond donors (Lipinski definition) is 2. The molecule has 0 bridgehead atoms. The molecule has 5 heteroatoms. The van der Waals surface area contributed by atoms with Gasteiger partial charge in [-0.3, -0.25) is 4.79 Å². The SMILES string of the molecule is COc1ccc(CNC(CC(C)C)C(=O)O)cc1OCc1ccccc1. The summed E-state index contributed by atoms with van der Waals surface area (Å²) in [6.07, 6.45) is 0.586. The summed E-state index contributed by atoms with van der Waals surface area (Å²) in [4.78, 5) is 11.4. The first-order chi connectivity index (χ1) is 12.5. The summed E-state index contributed by atoms with van der Waals surface area (Å²) in [5.74, 6) is 0.782. The van der Waals surface area contributed by atoms with Crippen molar-refractivity contribution >= 4 is 5.97 Å². The lowest BCUT2D eigenvalue weighted by Gasteiger charge is -2.17. The van der Waals surface area contributed by atoms with Crippen LogP contribution in [0.15, 0.2) is 48.5 Å². The first kappa shape index (κ1) is 19.8. The molecule has 2 aromatic carbocycles. The zero-order valence-electron chi connectivity index (χ0n) is 15.6. The number of carbonyl (C=O) groups is 1. The van der Waals surface area contributed by atoms with Crippen LogP contribution in [0.2, 0.25) is 0 Å². The highest BCUT2D eigenvalue weighted by molar-refractivity contribution is 5.73. The van der Waals surface area contributed by atoms with Crippen molar-refractivity contribution in [1.29, 1.82) is 0 Å². The number of aliphatic carboxylic acids is 1. The number of methoxy groups -OCH3 is 1. The molecule has 0 amide bonds. The molecule has 2 rings (SSSR count). The second-order valence-corrected chi connectivity index (χ2v) is 6.66. The van der Waals surface area contributed by atoms with E-state index in [1.165, 1.54) is 0 Å². The van der Waals surface area contributed by atoms with Crippen molar-refractivity contribution in [2.45, 2.75) is 39.5 Å². The number of carboxylic acid groups (broad SMARTS) is 1. The maximum absolute atomic E-state index is 11.4. The molecule has 140 valence electrons. The van der Waals surface area contributed by atoms with Gasteiger partial charge in [-0.25, -0.2) is 0 Å². The quantitative estimate of drug-likeness (QED) is 0.676. The van der Waals surface area contributed by atoms with Gasteiger partial charge in [0.1, 0.15) is 12.6 Å². The highest BCUT2D eigenvalue weighted by Crippen LogP contribution is 2.29. The van der Waals surface area contributed by atoms with E-state index in [1.807, 2.05) is 62.4 Å². The zero-order valence-corrected chi connectivity index (χ0v) is 15.6. The molecular formula is C21H27NO4. The average Bonchev–Trinajstić information content (AvgIpc) is 2.63. The van der Waals surface area contributed by atoms with E-state index in [4.69, 9.17) is 9.47 Å². The Morgan fingerprint density at radius 1 is 1.08 bits per heavy atom. The number of hydrogen-bond acceptors (Lipinski definition) is 4. The molecule has 2 N–H and O–H groups in total. The molecule has 5 nitrogen and oxygen atoms in total. The topological polar surface area (TPSA) is 67.8 Å². The Kier molecular flexibility index (Phi) is 7.48. The molecule has 26 heavy (non-hydrogen) atoms. The molecule has 0 aliphatic carbocycles. The molecule has 0 fully saturated rings. The summed E-state index contributed by atoms with van der Waals surface area (Å²) in [5, 5.41) is 12.4. The first-order valence-corrected chi connectivity index (χ1v) is 8.79. The summed E-state index contributed by atoms with van der Waals surface area (Å²) in [6.45, 7) is 4.93. The van der Waals surface area contributed by atoms with Crippen LogP contribution < -0.4 is 14.8 Å². The highest BCUT2D eigenvalue weighted by Gasteiger charge is 2.18. The van der Waals surface area contributed by atoms with Crippen LogP contribution in [0, 0.1) is 5.92 Å². The number of ether oxygens (including phenoxy) is 2. The van der Waals surface area contributed by atoms with E-state index < -0.39 is 12.0 Å². The lowest BCUT2D eigenvalue weighted by molar-refractivity contribution is -0.140. The second-order valence-electron chi connectivity index (χ2n) is 6.66. The Morgan fingerprint density at radius 2 is 1.81 bits per heavy atom. The molecule has 1 unspecified atom stereocenters. The van der Waals surface area contributed by atoms with E-state index in [-0.39, 0.29) is 0 Å². The van der Waals surface area contributed by atoms with Gasteiger partial charge in [-0.05, 0) is 35.6 Å². The molecule has 0 aliphatic heterocycles. The minimum atomic E-state index is -0.826. The highest BCUT2D eigenvalue weighted by atomic mass is 16.5. The smallest absolute Gasteiger partial charge is 0.320 e. The van der Waals surface area contributed by atoms with Gasteiger partial charge in [0.15, 0.2) is 11.5 Å². The Labute approximate surface area is 155 Å². The minimum absolute atomic E-state index is 0.309. The predicted octanol–water partition coefficient (Wildman–Crippen LogP) is 3.86. The summed E-state index contributed by atoms with van der Waals surface area (Å²) < 4.78 is 11.3. The molecule has 0 radical (unpaired) electrons. The Morgan fingerprint density at radius 3 is 2.42 bits per heavy atom. The van der Waals surface area contributed by atoms with E-state index in [2.05, 4.69) is 5.32 Å². The zero-order chi connectivity index (χ0) is 18.9. The number of rotatable bonds is 10.